The lowest BCUT2D eigenvalue weighted by Gasteiger charge is -2.22. The highest BCUT2D eigenvalue weighted by atomic mass is 16.2. The Kier molecular flexibility index (Phi) is 3.49. The normalized spacial score (nSPS) is 30.6. The summed E-state index contributed by atoms with van der Waals surface area (Å²) in [6.07, 6.45) is 1.95. The van der Waals surface area contributed by atoms with E-state index < -0.39 is 0 Å². The molecular formula is C14H24N2O2. The molecule has 0 aromatic carbocycles. The number of nitrogens with zero attached hydrogens (tertiary/aromatic N) is 1. The average Bonchev–Trinajstić information content (AvgIpc) is 2.77. The van der Waals surface area contributed by atoms with Gasteiger partial charge in [0.15, 0.2) is 0 Å². The van der Waals surface area contributed by atoms with E-state index in [4.69, 9.17) is 0 Å². The van der Waals surface area contributed by atoms with Crippen LogP contribution in [-0.4, -0.2) is 35.8 Å². The number of hydrogen-bond acceptors (Lipinski definition) is 3. The van der Waals surface area contributed by atoms with Crippen molar-refractivity contribution in [1.82, 2.24) is 10.2 Å². The first-order valence-electron chi connectivity index (χ1n) is 6.99. The van der Waals surface area contributed by atoms with Gasteiger partial charge in [0.25, 0.3) is 0 Å². The Hall–Kier alpha value is -0.900. The molecule has 4 nitrogen and oxygen atoms in total. The molecule has 18 heavy (non-hydrogen) atoms. The highest BCUT2D eigenvalue weighted by Crippen LogP contribution is 2.63. The number of carbonyl (C=O) groups excluding carboxylic acids is 2. The molecule has 1 heterocycles. The van der Waals surface area contributed by atoms with E-state index in [1.54, 1.807) is 0 Å². The van der Waals surface area contributed by atoms with Crippen molar-refractivity contribution < 1.29 is 9.59 Å². The lowest BCUT2D eigenvalue weighted by Crippen LogP contribution is -2.39. The second-order valence-electron chi connectivity index (χ2n) is 6.25. The van der Waals surface area contributed by atoms with Crippen molar-refractivity contribution in [2.24, 2.45) is 17.3 Å². The maximum atomic E-state index is 12.1. The largest absolute Gasteiger partial charge is 0.314 e. The lowest BCUT2D eigenvalue weighted by molar-refractivity contribution is -0.143. The van der Waals surface area contributed by atoms with Crippen molar-refractivity contribution >= 4 is 11.8 Å². The van der Waals surface area contributed by atoms with E-state index >= 15 is 0 Å². The van der Waals surface area contributed by atoms with Crippen molar-refractivity contribution in [2.75, 3.05) is 13.1 Å². The van der Waals surface area contributed by atoms with Gasteiger partial charge in [-0.05, 0) is 31.7 Å². The van der Waals surface area contributed by atoms with Crippen LogP contribution in [0.15, 0.2) is 0 Å². The second-order valence-corrected chi connectivity index (χ2v) is 6.25. The molecule has 1 aliphatic heterocycles. The van der Waals surface area contributed by atoms with Crippen molar-refractivity contribution in [3.63, 3.8) is 0 Å². The number of rotatable bonds is 6. The fraction of sp³-hybridized carbons (Fsp3) is 0.857. The first-order chi connectivity index (χ1) is 8.41. The van der Waals surface area contributed by atoms with E-state index in [-0.39, 0.29) is 29.1 Å². The van der Waals surface area contributed by atoms with E-state index in [9.17, 15) is 9.59 Å². The predicted octanol–water partition coefficient (Wildman–Crippen LogP) is 1.41. The molecule has 0 aromatic rings. The van der Waals surface area contributed by atoms with Crippen LogP contribution in [0, 0.1) is 17.3 Å². The van der Waals surface area contributed by atoms with Crippen LogP contribution in [-0.2, 0) is 9.59 Å². The standard InChI is InChI=1S/C14H24N2O2/c1-5-7-15-9(2)6-8-16-12(17)10-11(13(16)18)14(10,3)4/h9-11,15H,5-8H2,1-4H3. The highest BCUT2D eigenvalue weighted by molar-refractivity contribution is 6.10. The van der Waals surface area contributed by atoms with Gasteiger partial charge in [0.1, 0.15) is 0 Å². The number of carbonyl (C=O) groups is 2. The summed E-state index contributed by atoms with van der Waals surface area (Å²) >= 11 is 0. The fourth-order valence-electron chi connectivity index (χ4n) is 3.04. The van der Waals surface area contributed by atoms with Gasteiger partial charge in [-0.1, -0.05) is 20.8 Å². The zero-order chi connectivity index (χ0) is 13.5. The Bertz CT molecular complexity index is 341. The van der Waals surface area contributed by atoms with Gasteiger partial charge in [-0.25, -0.2) is 0 Å². The van der Waals surface area contributed by atoms with Crippen molar-refractivity contribution in [2.45, 2.75) is 46.6 Å². The van der Waals surface area contributed by atoms with Crippen LogP contribution in [0.5, 0.6) is 0 Å². The zero-order valence-electron chi connectivity index (χ0n) is 11.8. The monoisotopic (exact) mass is 252 g/mol. The minimum Gasteiger partial charge on any atom is -0.314 e. The summed E-state index contributed by atoms with van der Waals surface area (Å²) in [4.78, 5) is 25.6. The molecule has 0 radical (unpaired) electrons. The molecule has 1 saturated heterocycles. The first-order valence-corrected chi connectivity index (χ1v) is 6.99. The fourth-order valence-corrected chi connectivity index (χ4v) is 3.04. The van der Waals surface area contributed by atoms with Crippen LogP contribution in [0.4, 0.5) is 0 Å². The quantitative estimate of drug-likeness (QED) is 0.727. The molecule has 3 atom stereocenters. The van der Waals surface area contributed by atoms with Gasteiger partial charge in [0.05, 0.1) is 11.8 Å². The number of piperidine rings is 1. The second kappa shape index (κ2) is 4.65. The maximum Gasteiger partial charge on any atom is 0.233 e. The van der Waals surface area contributed by atoms with E-state index in [0.29, 0.717) is 12.6 Å². The molecule has 0 bridgehead atoms. The Morgan fingerprint density at radius 2 is 1.83 bits per heavy atom. The smallest absolute Gasteiger partial charge is 0.233 e. The van der Waals surface area contributed by atoms with E-state index in [1.165, 1.54) is 4.90 Å². The SMILES string of the molecule is CCCNC(C)CCN1C(=O)C2C(C1=O)C2(C)C. The summed E-state index contributed by atoms with van der Waals surface area (Å²) in [5, 5.41) is 3.38. The van der Waals surface area contributed by atoms with Crippen molar-refractivity contribution in [1.29, 1.82) is 0 Å². The molecule has 1 saturated carbocycles. The number of amides is 2. The summed E-state index contributed by atoms with van der Waals surface area (Å²) in [5.74, 6) is 0.0307. The minimum atomic E-state index is -0.0866. The molecule has 3 unspecified atom stereocenters. The molecule has 1 aliphatic carbocycles. The van der Waals surface area contributed by atoms with Crippen LogP contribution in [0.25, 0.3) is 0 Å². The number of hydrogen-bond donors (Lipinski definition) is 1. The minimum absolute atomic E-state index is 0.0380. The Morgan fingerprint density at radius 3 is 2.33 bits per heavy atom. The highest BCUT2D eigenvalue weighted by Gasteiger charge is 2.72. The molecule has 0 aromatic heterocycles. The third kappa shape index (κ3) is 2.07. The molecule has 2 aliphatic rings. The predicted molar refractivity (Wildman–Crippen MR) is 69.9 cm³/mol. The third-order valence-corrected chi connectivity index (χ3v) is 4.42. The van der Waals surface area contributed by atoms with Gasteiger partial charge in [-0.15, -0.1) is 0 Å². The molecule has 1 N–H and O–H groups in total. The van der Waals surface area contributed by atoms with Crippen LogP contribution >= 0.6 is 0 Å². The van der Waals surface area contributed by atoms with E-state index in [1.807, 2.05) is 13.8 Å². The Morgan fingerprint density at radius 1 is 1.28 bits per heavy atom. The van der Waals surface area contributed by atoms with Gasteiger partial charge in [0.2, 0.25) is 11.8 Å². The van der Waals surface area contributed by atoms with Crippen molar-refractivity contribution in [3.8, 4) is 0 Å². The summed E-state index contributed by atoms with van der Waals surface area (Å²) in [7, 11) is 0. The summed E-state index contributed by atoms with van der Waals surface area (Å²) in [6.45, 7) is 9.82. The molecule has 2 fully saturated rings. The summed E-state index contributed by atoms with van der Waals surface area (Å²) < 4.78 is 0. The van der Waals surface area contributed by atoms with Crippen LogP contribution in [0.2, 0.25) is 0 Å². The number of likely N-dealkylation sites (tertiary alicyclic amines) is 1. The van der Waals surface area contributed by atoms with Gasteiger partial charge < -0.3 is 5.32 Å². The molecule has 0 spiro atoms. The third-order valence-electron chi connectivity index (χ3n) is 4.42. The van der Waals surface area contributed by atoms with Gasteiger partial charge in [-0.3, -0.25) is 14.5 Å². The Labute approximate surface area is 109 Å². The number of nitrogens with one attached hydrogen (secondary N) is 1. The van der Waals surface area contributed by atoms with Crippen LogP contribution in [0.1, 0.15) is 40.5 Å². The van der Waals surface area contributed by atoms with E-state index in [0.717, 1.165) is 19.4 Å². The van der Waals surface area contributed by atoms with Gasteiger partial charge in [0, 0.05) is 12.6 Å². The van der Waals surface area contributed by atoms with Gasteiger partial charge >= 0.3 is 0 Å². The number of imide groups is 1. The number of fused-ring (bicyclic) bond motifs is 1. The zero-order valence-corrected chi connectivity index (χ0v) is 11.8. The van der Waals surface area contributed by atoms with Crippen LogP contribution < -0.4 is 5.32 Å². The van der Waals surface area contributed by atoms with Crippen molar-refractivity contribution in [3.05, 3.63) is 0 Å². The molecule has 102 valence electrons. The topological polar surface area (TPSA) is 49.4 Å². The lowest BCUT2D eigenvalue weighted by atomic mass is 10.1. The van der Waals surface area contributed by atoms with E-state index in [2.05, 4.69) is 19.2 Å². The molecule has 2 amide bonds. The molecule has 4 heteroatoms. The molecule has 2 rings (SSSR count). The summed E-state index contributed by atoms with van der Waals surface area (Å²) in [6, 6.07) is 0.357. The maximum absolute atomic E-state index is 12.1. The van der Waals surface area contributed by atoms with Crippen LogP contribution in [0.3, 0.4) is 0 Å². The average molecular weight is 252 g/mol. The molecular weight excluding hydrogens is 228 g/mol. The summed E-state index contributed by atoms with van der Waals surface area (Å²) in [5.41, 5.74) is -0.0866. The van der Waals surface area contributed by atoms with Gasteiger partial charge in [-0.2, -0.15) is 0 Å². The Balaban J connectivity index is 1.82. The first kappa shape index (κ1) is 13.5.